The van der Waals surface area contributed by atoms with Crippen molar-refractivity contribution in [1.29, 1.82) is 0 Å². The second-order valence-electron chi connectivity index (χ2n) is 3.71. The van der Waals surface area contributed by atoms with Crippen molar-refractivity contribution < 1.29 is 4.74 Å². The molecule has 2 heteroatoms. The molecule has 0 amide bonds. The lowest BCUT2D eigenvalue weighted by atomic mass is 9.83. The van der Waals surface area contributed by atoms with E-state index in [4.69, 9.17) is 10.5 Å². The van der Waals surface area contributed by atoms with E-state index in [2.05, 4.69) is 13.8 Å². The second kappa shape index (κ2) is 6.44. The Morgan fingerprint density at radius 2 is 1.92 bits per heavy atom. The molecule has 0 saturated heterocycles. The smallest absolute Gasteiger partial charge is 0.0471 e. The molecule has 0 heterocycles. The molecule has 74 valence electrons. The van der Waals surface area contributed by atoms with Crippen LogP contribution in [0.25, 0.3) is 0 Å². The fourth-order valence-corrected chi connectivity index (χ4v) is 1.40. The number of hydrogen-bond acceptors (Lipinski definition) is 2. The highest BCUT2D eigenvalue weighted by Crippen LogP contribution is 2.25. The summed E-state index contributed by atoms with van der Waals surface area (Å²) < 4.78 is 5.32. The Labute approximate surface area is 76.5 Å². The van der Waals surface area contributed by atoms with E-state index in [1.165, 1.54) is 12.8 Å². The van der Waals surface area contributed by atoms with Crippen LogP contribution in [0.2, 0.25) is 0 Å². The predicted octanol–water partition coefficient (Wildman–Crippen LogP) is 2.18. The third-order valence-electron chi connectivity index (χ3n) is 2.40. The molecule has 0 aliphatic carbocycles. The van der Waals surface area contributed by atoms with E-state index < -0.39 is 0 Å². The summed E-state index contributed by atoms with van der Waals surface area (Å²) in [6.07, 6.45) is 3.50. The van der Waals surface area contributed by atoms with Crippen LogP contribution < -0.4 is 5.73 Å². The van der Waals surface area contributed by atoms with E-state index in [0.717, 1.165) is 26.2 Å². The Morgan fingerprint density at radius 1 is 1.25 bits per heavy atom. The molecule has 0 radical (unpaired) electrons. The molecule has 0 rings (SSSR count). The van der Waals surface area contributed by atoms with E-state index in [-0.39, 0.29) is 0 Å². The van der Waals surface area contributed by atoms with Crippen molar-refractivity contribution in [2.24, 2.45) is 11.1 Å². The van der Waals surface area contributed by atoms with Gasteiger partial charge in [0.2, 0.25) is 0 Å². The van der Waals surface area contributed by atoms with Crippen molar-refractivity contribution in [3.63, 3.8) is 0 Å². The summed E-state index contributed by atoms with van der Waals surface area (Å²) in [5.41, 5.74) is 6.02. The van der Waals surface area contributed by atoms with Gasteiger partial charge in [-0.25, -0.2) is 0 Å². The van der Waals surface area contributed by atoms with Crippen LogP contribution in [-0.2, 0) is 4.74 Å². The third kappa shape index (κ3) is 4.73. The molecule has 0 bridgehead atoms. The Bertz CT molecular complexity index is 106. The monoisotopic (exact) mass is 173 g/mol. The highest BCUT2D eigenvalue weighted by atomic mass is 16.5. The minimum Gasteiger partial charge on any atom is -0.382 e. The fourth-order valence-electron chi connectivity index (χ4n) is 1.40. The lowest BCUT2D eigenvalue weighted by Gasteiger charge is -2.27. The summed E-state index contributed by atoms with van der Waals surface area (Å²) in [5.74, 6) is 0. The van der Waals surface area contributed by atoms with Crippen molar-refractivity contribution in [3.8, 4) is 0 Å². The van der Waals surface area contributed by atoms with Gasteiger partial charge in [0.25, 0.3) is 0 Å². The maximum atomic E-state index is 5.72. The van der Waals surface area contributed by atoms with Gasteiger partial charge in [0, 0.05) is 13.2 Å². The summed E-state index contributed by atoms with van der Waals surface area (Å²) in [6, 6.07) is 0. The number of ether oxygens (including phenoxy) is 1. The Morgan fingerprint density at radius 3 is 2.33 bits per heavy atom. The normalized spacial score (nSPS) is 16.0. The molecule has 0 aromatic carbocycles. The molecule has 2 N–H and O–H groups in total. The van der Waals surface area contributed by atoms with Crippen molar-refractivity contribution >= 4 is 0 Å². The minimum atomic E-state index is 0.296. The summed E-state index contributed by atoms with van der Waals surface area (Å²) >= 11 is 0. The maximum Gasteiger partial charge on any atom is 0.0471 e. The number of hydrogen-bond donors (Lipinski definition) is 1. The van der Waals surface area contributed by atoms with E-state index in [9.17, 15) is 0 Å². The topological polar surface area (TPSA) is 35.2 Å². The molecule has 0 fully saturated rings. The standard InChI is InChI=1S/C10H23NO/c1-4-6-10(3,9-11)7-8-12-5-2/h4-9,11H2,1-3H3. The molecule has 0 aliphatic rings. The highest BCUT2D eigenvalue weighted by Gasteiger charge is 2.20. The molecule has 2 nitrogen and oxygen atoms in total. The number of nitrogens with two attached hydrogens (primary N) is 1. The van der Waals surface area contributed by atoms with Gasteiger partial charge < -0.3 is 10.5 Å². The van der Waals surface area contributed by atoms with Gasteiger partial charge in [-0.1, -0.05) is 20.3 Å². The largest absolute Gasteiger partial charge is 0.382 e. The third-order valence-corrected chi connectivity index (χ3v) is 2.40. The molecular weight excluding hydrogens is 150 g/mol. The Balaban J connectivity index is 3.63. The molecule has 12 heavy (non-hydrogen) atoms. The van der Waals surface area contributed by atoms with Gasteiger partial charge in [0.05, 0.1) is 0 Å². The Hall–Kier alpha value is -0.0800. The molecule has 0 saturated carbocycles. The van der Waals surface area contributed by atoms with Crippen LogP contribution in [0.15, 0.2) is 0 Å². The molecule has 1 atom stereocenters. The van der Waals surface area contributed by atoms with Gasteiger partial charge in [-0.05, 0) is 31.7 Å². The quantitative estimate of drug-likeness (QED) is 0.599. The van der Waals surface area contributed by atoms with Crippen LogP contribution >= 0.6 is 0 Å². The van der Waals surface area contributed by atoms with Gasteiger partial charge in [-0.15, -0.1) is 0 Å². The van der Waals surface area contributed by atoms with Crippen molar-refractivity contribution in [3.05, 3.63) is 0 Å². The summed E-state index contributed by atoms with van der Waals surface area (Å²) in [7, 11) is 0. The van der Waals surface area contributed by atoms with Crippen LogP contribution in [-0.4, -0.2) is 19.8 Å². The molecule has 0 spiro atoms. The maximum absolute atomic E-state index is 5.72. The predicted molar refractivity (Wildman–Crippen MR) is 53.2 cm³/mol. The first kappa shape index (κ1) is 11.9. The van der Waals surface area contributed by atoms with Crippen LogP contribution in [0.3, 0.4) is 0 Å². The average Bonchev–Trinajstić information content (AvgIpc) is 2.06. The first-order valence-corrected chi connectivity index (χ1v) is 4.96. The molecular formula is C10H23NO. The van der Waals surface area contributed by atoms with Crippen LogP contribution in [0, 0.1) is 5.41 Å². The lowest BCUT2D eigenvalue weighted by molar-refractivity contribution is 0.107. The zero-order valence-electron chi connectivity index (χ0n) is 8.73. The van der Waals surface area contributed by atoms with E-state index in [1.54, 1.807) is 0 Å². The average molecular weight is 173 g/mol. The van der Waals surface area contributed by atoms with E-state index >= 15 is 0 Å². The zero-order chi connectivity index (χ0) is 9.45. The lowest BCUT2D eigenvalue weighted by Crippen LogP contribution is -2.28. The van der Waals surface area contributed by atoms with Gasteiger partial charge in [0.15, 0.2) is 0 Å². The first-order chi connectivity index (χ1) is 5.68. The minimum absolute atomic E-state index is 0.296. The summed E-state index contributed by atoms with van der Waals surface area (Å²) in [5, 5.41) is 0. The highest BCUT2D eigenvalue weighted by molar-refractivity contribution is 4.74. The van der Waals surface area contributed by atoms with Gasteiger partial charge >= 0.3 is 0 Å². The zero-order valence-corrected chi connectivity index (χ0v) is 8.73. The van der Waals surface area contributed by atoms with Crippen molar-refractivity contribution in [2.45, 2.75) is 40.0 Å². The van der Waals surface area contributed by atoms with Crippen LogP contribution in [0.1, 0.15) is 40.0 Å². The van der Waals surface area contributed by atoms with Gasteiger partial charge in [0.1, 0.15) is 0 Å². The van der Waals surface area contributed by atoms with Crippen LogP contribution in [0.5, 0.6) is 0 Å². The summed E-state index contributed by atoms with van der Waals surface area (Å²) in [6.45, 7) is 8.91. The van der Waals surface area contributed by atoms with Crippen molar-refractivity contribution in [1.82, 2.24) is 0 Å². The van der Waals surface area contributed by atoms with E-state index in [1.807, 2.05) is 6.92 Å². The Kier molecular flexibility index (Phi) is 6.39. The van der Waals surface area contributed by atoms with Gasteiger partial charge in [-0.3, -0.25) is 0 Å². The fraction of sp³-hybridized carbons (Fsp3) is 1.00. The van der Waals surface area contributed by atoms with Gasteiger partial charge in [-0.2, -0.15) is 0 Å². The molecule has 0 aliphatic heterocycles. The van der Waals surface area contributed by atoms with Crippen molar-refractivity contribution in [2.75, 3.05) is 19.8 Å². The number of rotatable bonds is 7. The SMILES string of the molecule is CCCC(C)(CN)CCOCC. The second-order valence-corrected chi connectivity index (χ2v) is 3.71. The molecule has 0 aromatic heterocycles. The molecule has 0 aromatic rings. The molecule has 1 unspecified atom stereocenters. The van der Waals surface area contributed by atoms with Crippen LogP contribution in [0.4, 0.5) is 0 Å². The first-order valence-electron chi connectivity index (χ1n) is 4.96. The summed E-state index contributed by atoms with van der Waals surface area (Å²) in [4.78, 5) is 0. The van der Waals surface area contributed by atoms with E-state index in [0.29, 0.717) is 5.41 Å².